The minimum absolute atomic E-state index is 0.231. The lowest BCUT2D eigenvalue weighted by Crippen LogP contribution is -2.04. The molecule has 0 aliphatic rings. The second-order valence-corrected chi connectivity index (χ2v) is 6.87. The minimum atomic E-state index is -0.958. The third kappa shape index (κ3) is 3.96. The second kappa shape index (κ2) is 8.25. The number of ether oxygens (including phenoxy) is 1. The van der Waals surface area contributed by atoms with Gasteiger partial charge in [-0.05, 0) is 72.6 Å². The number of hydrogen-bond acceptors (Lipinski definition) is 4. The van der Waals surface area contributed by atoms with Crippen molar-refractivity contribution in [3.63, 3.8) is 0 Å². The first-order valence-corrected chi connectivity index (χ1v) is 9.66. The molecule has 1 N–H and O–H groups in total. The van der Waals surface area contributed by atoms with Crippen molar-refractivity contribution in [3.05, 3.63) is 89.3 Å². The number of carboxylic acids is 1. The van der Waals surface area contributed by atoms with Crippen molar-refractivity contribution >= 4 is 22.6 Å². The summed E-state index contributed by atoms with van der Waals surface area (Å²) in [5, 5.41) is 10.8. The highest BCUT2D eigenvalue weighted by atomic mass is 16.5. The highest BCUT2D eigenvalue weighted by Gasteiger charge is 2.08. The molecular formula is C25H21NO4. The summed E-state index contributed by atoms with van der Waals surface area (Å²) in [5.74, 6) is 0.505. The van der Waals surface area contributed by atoms with Crippen LogP contribution in [0.3, 0.4) is 0 Å². The molecule has 0 saturated carbocycles. The van der Waals surface area contributed by atoms with E-state index in [-0.39, 0.29) is 5.56 Å². The van der Waals surface area contributed by atoms with Crippen molar-refractivity contribution in [1.29, 1.82) is 0 Å². The lowest BCUT2D eigenvalue weighted by molar-refractivity contribution is 0.0697. The van der Waals surface area contributed by atoms with Crippen LogP contribution in [0.2, 0.25) is 0 Å². The van der Waals surface area contributed by atoms with Gasteiger partial charge in [0.15, 0.2) is 0 Å². The molecule has 0 aliphatic carbocycles. The average molecular weight is 399 g/mol. The number of aromatic carboxylic acids is 1. The zero-order valence-corrected chi connectivity index (χ0v) is 16.8. The van der Waals surface area contributed by atoms with Gasteiger partial charge in [0.25, 0.3) is 0 Å². The summed E-state index contributed by atoms with van der Waals surface area (Å²) in [5.41, 5.74) is 3.74. The normalized spacial score (nSPS) is 11.6. The number of carboxylic acid groups (broad SMARTS) is 1. The van der Waals surface area contributed by atoms with Crippen LogP contribution < -0.4 is 10.1 Å². The molecule has 4 rings (SSSR count). The molecule has 0 radical (unpaired) electrons. The summed E-state index contributed by atoms with van der Waals surface area (Å²) in [4.78, 5) is 15.9. The third-order valence-corrected chi connectivity index (χ3v) is 4.95. The fraction of sp³-hybridized carbons (Fsp3) is 0.120. The highest BCUT2D eigenvalue weighted by Crippen LogP contribution is 2.25. The van der Waals surface area contributed by atoms with Gasteiger partial charge in [-0.15, -0.1) is 0 Å². The van der Waals surface area contributed by atoms with E-state index >= 15 is 0 Å². The molecule has 30 heavy (non-hydrogen) atoms. The number of rotatable bonds is 5. The highest BCUT2D eigenvalue weighted by molar-refractivity contribution is 5.88. The summed E-state index contributed by atoms with van der Waals surface area (Å²) in [6.45, 7) is 2.10. The molecule has 0 unspecified atom stereocenters. The van der Waals surface area contributed by atoms with E-state index in [1.807, 2.05) is 36.4 Å². The number of benzene rings is 3. The van der Waals surface area contributed by atoms with Crippen molar-refractivity contribution < 1.29 is 19.1 Å². The maximum atomic E-state index is 11.1. The fourth-order valence-electron chi connectivity index (χ4n) is 3.24. The van der Waals surface area contributed by atoms with E-state index < -0.39 is 5.97 Å². The quantitative estimate of drug-likeness (QED) is 0.474. The molecule has 0 fully saturated rings. The summed E-state index contributed by atoms with van der Waals surface area (Å²) in [6, 6.07) is 22.2. The third-order valence-electron chi connectivity index (χ3n) is 4.95. The van der Waals surface area contributed by atoms with E-state index in [4.69, 9.17) is 19.3 Å². The van der Waals surface area contributed by atoms with Crippen molar-refractivity contribution in [2.45, 2.75) is 13.3 Å². The zero-order valence-electron chi connectivity index (χ0n) is 16.8. The number of hydrogen-bond donors (Lipinski definition) is 1. The lowest BCUT2D eigenvalue weighted by Gasteiger charge is -2.07. The van der Waals surface area contributed by atoms with Gasteiger partial charge in [0.2, 0.25) is 0 Å². The van der Waals surface area contributed by atoms with Crippen LogP contribution in [0.5, 0.6) is 5.75 Å². The fourth-order valence-corrected chi connectivity index (χ4v) is 3.24. The summed E-state index contributed by atoms with van der Waals surface area (Å²) < 4.78 is 11.4. The summed E-state index contributed by atoms with van der Waals surface area (Å²) in [6.07, 6.45) is 0.906. The summed E-state index contributed by atoms with van der Waals surface area (Å²) in [7, 11) is 1.63. The monoisotopic (exact) mass is 399 g/mol. The first-order chi connectivity index (χ1) is 14.6. The lowest BCUT2D eigenvalue weighted by atomic mass is 10.1. The van der Waals surface area contributed by atoms with E-state index in [1.165, 1.54) is 5.56 Å². The van der Waals surface area contributed by atoms with E-state index in [1.54, 1.807) is 31.4 Å². The largest absolute Gasteiger partial charge is 0.497 e. The van der Waals surface area contributed by atoms with E-state index in [9.17, 15) is 4.79 Å². The molecule has 0 bridgehead atoms. The van der Waals surface area contributed by atoms with Crippen LogP contribution in [-0.4, -0.2) is 18.2 Å². The molecule has 1 heterocycles. The molecule has 0 aliphatic heterocycles. The Kier molecular flexibility index (Phi) is 5.35. The van der Waals surface area contributed by atoms with Crippen LogP contribution >= 0.6 is 0 Å². The van der Waals surface area contributed by atoms with Gasteiger partial charge in [0, 0.05) is 17.0 Å². The minimum Gasteiger partial charge on any atom is -0.497 e. The van der Waals surface area contributed by atoms with Gasteiger partial charge in [0.05, 0.1) is 23.7 Å². The zero-order chi connectivity index (χ0) is 21.1. The Morgan fingerprint density at radius 3 is 2.37 bits per heavy atom. The second-order valence-electron chi connectivity index (χ2n) is 6.87. The molecule has 0 amide bonds. The van der Waals surface area contributed by atoms with Gasteiger partial charge in [-0.1, -0.05) is 13.0 Å². The van der Waals surface area contributed by atoms with Gasteiger partial charge in [-0.2, -0.15) is 0 Å². The molecule has 1 aromatic heterocycles. The first kappa shape index (κ1) is 19.5. The Morgan fingerprint density at radius 2 is 1.73 bits per heavy atom. The van der Waals surface area contributed by atoms with Crippen LogP contribution in [0, 0.1) is 0 Å². The standard InChI is InChI=1S/C25H21NO4/c1-3-16-4-13-23-21(14-16)22(26-19-9-5-18(6-10-19)25(27)28)15-24(30-23)17-7-11-20(29-2)12-8-17/h4-15H,3H2,1-2H3,(H,27,28). The van der Waals surface area contributed by atoms with Crippen molar-refractivity contribution in [2.24, 2.45) is 4.99 Å². The smallest absolute Gasteiger partial charge is 0.335 e. The molecule has 150 valence electrons. The maximum absolute atomic E-state index is 11.1. The molecule has 0 saturated heterocycles. The Hall–Kier alpha value is -3.86. The van der Waals surface area contributed by atoms with Gasteiger partial charge >= 0.3 is 5.97 Å². The molecule has 5 heteroatoms. The molecule has 4 aromatic rings. The number of aryl methyl sites for hydroxylation is 1. The number of nitrogens with zero attached hydrogens (tertiary/aromatic N) is 1. The van der Waals surface area contributed by atoms with Gasteiger partial charge < -0.3 is 14.3 Å². The molecule has 0 atom stereocenters. The molecule has 3 aromatic carbocycles. The molecular weight excluding hydrogens is 378 g/mol. The van der Waals surface area contributed by atoms with E-state index in [2.05, 4.69) is 19.1 Å². The molecule has 5 nitrogen and oxygen atoms in total. The average Bonchev–Trinajstić information content (AvgIpc) is 2.79. The van der Waals surface area contributed by atoms with Crippen LogP contribution in [0.4, 0.5) is 5.69 Å². The predicted molar refractivity (Wildman–Crippen MR) is 116 cm³/mol. The topological polar surface area (TPSA) is 72.0 Å². The van der Waals surface area contributed by atoms with Crippen molar-refractivity contribution in [2.75, 3.05) is 7.11 Å². The van der Waals surface area contributed by atoms with Gasteiger partial charge in [0.1, 0.15) is 17.1 Å². The van der Waals surface area contributed by atoms with Gasteiger partial charge in [-0.3, -0.25) is 0 Å². The maximum Gasteiger partial charge on any atom is 0.335 e. The van der Waals surface area contributed by atoms with E-state index in [0.717, 1.165) is 34.1 Å². The van der Waals surface area contributed by atoms with Crippen LogP contribution in [-0.2, 0) is 6.42 Å². The Morgan fingerprint density at radius 1 is 1.00 bits per heavy atom. The van der Waals surface area contributed by atoms with E-state index in [0.29, 0.717) is 11.4 Å². The predicted octanol–water partition coefficient (Wildman–Crippen LogP) is 5.60. The van der Waals surface area contributed by atoms with Gasteiger partial charge in [-0.25, -0.2) is 9.79 Å². The number of methoxy groups -OCH3 is 1. The Labute approximate surface area is 173 Å². The molecule has 0 spiro atoms. The van der Waals surface area contributed by atoms with Crippen LogP contribution in [0.25, 0.3) is 22.3 Å². The van der Waals surface area contributed by atoms with Crippen molar-refractivity contribution in [3.8, 4) is 17.1 Å². The van der Waals surface area contributed by atoms with Crippen LogP contribution in [0.1, 0.15) is 22.8 Å². The Balaban J connectivity index is 1.91. The SMILES string of the molecule is CCc1ccc2oc(-c3ccc(OC)cc3)cc(=Nc3ccc(C(=O)O)cc3)c2c1. The van der Waals surface area contributed by atoms with Crippen LogP contribution in [0.15, 0.2) is 82.2 Å². The Bertz CT molecular complexity index is 1270. The first-order valence-electron chi connectivity index (χ1n) is 9.66. The number of fused-ring (bicyclic) bond motifs is 1. The van der Waals surface area contributed by atoms with Crippen molar-refractivity contribution in [1.82, 2.24) is 0 Å². The summed E-state index contributed by atoms with van der Waals surface area (Å²) >= 11 is 0. The number of carbonyl (C=O) groups is 1.